The van der Waals surface area contributed by atoms with E-state index >= 15 is 0 Å². The van der Waals surface area contributed by atoms with Crippen LogP contribution in [0.4, 0.5) is 11.4 Å². The maximum atomic E-state index is 12.6. The van der Waals surface area contributed by atoms with E-state index in [0.717, 1.165) is 22.5 Å². The quantitative estimate of drug-likeness (QED) is 0.926. The maximum Gasteiger partial charge on any atom is 0.247 e. The van der Waals surface area contributed by atoms with E-state index in [4.69, 9.17) is 0 Å². The number of nitrogens with one attached hydrogen (secondary N) is 1. The average Bonchev–Trinajstić information content (AvgIpc) is 2.89. The molecule has 112 valence electrons. The fourth-order valence-electron chi connectivity index (χ4n) is 2.91. The van der Waals surface area contributed by atoms with Gasteiger partial charge in [-0.15, -0.1) is 0 Å². The van der Waals surface area contributed by atoms with E-state index in [2.05, 4.69) is 5.32 Å². The summed E-state index contributed by atoms with van der Waals surface area (Å²) < 4.78 is 0. The molecule has 1 N–H and O–H groups in total. The van der Waals surface area contributed by atoms with Crippen LogP contribution in [0.1, 0.15) is 18.1 Å². The number of fused-ring (bicyclic) bond motifs is 1. The van der Waals surface area contributed by atoms with Crippen molar-refractivity contribution in [3.63, 3.8) is 0 Å². The molecule has 4 heteroatoms. The molecule has 1 atom stereocenters. The van der Waals surface area contributed by atoms with Crippen LogP contribution >= 0.6 is 0 Å². The molecule has 1 heterocycles. The second-order valence-electron chi connectivity index (χ2n) is 5.54. The summed E-state index contributed by atoms with van der Waals surface area (Å²) in [4.78, 5) is 26.2. The van der Waals surface area contributed by atoms with Crippen LogP contribution in [0.25, 0.3) is 0 Å². The number of hydrogen-bond donors (Lipinski definition) is 1. The van der Waals surface area contributed by atoms with E-state index in [1.54, 1.807) is 4.90 Å². The molecule has 2 amide bonds. The van der Waals surface area contributed by atoms with Crippen molar-refractivity contribution in [1.29, 1.82) is 0 Å². The lowest BCUT2D eigenvalue weighted by atomic mass is 10.1. The number of carbonyl (C=O) groups excluding carboxylic acids is 2. The van der Waals surface area contributed by atoms with Crippen molar-refractivity contribution in [2.45, 2.75) is 26.3 Å². The molecule has 0 saturated heterocycles. The van der Waals surface area contributed by atoms with E-state index in [0.29, 0.717) is 6.42 Å². The number of rotatable bonds is 2. The van der Waals surface area contributed by atoms with Gasteiger partial charge in [0.15, 0.2) is 0 Å². The first kappa shape index (κ1) is 14.3. The molecule has 2 aromatic carbocycles. The molecular formula is C18H18N2O2. The zero-order chi connectivity index (χ0) is 15.7. The average molecular weight is 294 g/mol. The summed E-state index contributed by atoms with van der Waals surface area (Å²) in [6.45, 7) is 3.44. The molecule has 0 fully saturated rings. The summed E-state index contributed by atoms with van der Waals surface area (Å²) in [5, 5.41) is 2.94. The summed E-state index contributed by atoms with van der Waals surface area (Å²) in [6, 6.07) is 14.8. The minimum Gasteiger partial charge on any atom is -0.324 e. The molecule has 2 aromatic rings. The Morgan fingerprint density at radius 3 is 2.50 bits per heavy atom. The Hall–Kier alpha value is -2.62. The van der Waals surface area contributed by atoms with Crippen molar-refractivity contribution in [2.75, 3.05) is 10.2 Å². The topological polar surface area (TPSA) is 49.4 Å². The molecule has 1 unspecified atom stereocenters. The normalized spacial score (nSPS) is 16.3. The van der Waals surface area contributed by atoms with E-state index in [1.807, 2.05) is 55.5 Å². The van der Waals surface area contributed by atoms with Crippen molar-refractivity contribution in [2.24, 2.45) is 0 Å². The first-order valence-electron chi connectivity index (χ1n) is 7.32. The largest absolute Gasteiger partial charge is 0.324 e. The molecular weight excluding hydrogens is 276 g/mol. The minimum absolute atomic E-state index is 0.116. The second-order valence-corrected chi connectivity index (χ2v) is 5.54. The Morgan fingerprint density at radius 1 is 1.09 bits per heavy atom. The number of para-hydroxylation sites is 2. The number of nitrogens with zero attached hydrogens (tertiary/aromatic N) is 1. The second kappa shape index (κ2) is 5.64. The molecule has 0 spiro atoms. The van der Waals surface area contributed by atoms with Gasteiger partial charge in [0.05, 0.1) is 0 Å². The molecule has 3 rings (SSSR count). The Morgan fingerprint density at radius 2 is 1.77 bits per heavy atom. The van der Waals surface area contributed by atoms with Crippen LogP contribution in [0, 0.1) is 6.92 Å². The lowest BCUT2D eigenvalue weighted by Gasteiger charge is -2.23. The van der Waals surface area contributed by atoms with E-state index in [1.165, 1.54) is 6.92 Å². The summed E-state index contributed by atoms with van der Waals surface area (Å²) in [5.74, 6) is -0.268. The molecule has 4 nitrogen and oxygen atoms in total. The van der Waals surface area contributed by atoms with Gasteiger partial charge < -0.3 is 5.32 Å². The smallest absolute Gasteiger partial charge is 0.247 e. The summed E-state index contributed by atoms with van der Waals surface area (Å²) in [6.07, 6.45) is 0.549. The van der Waals surface area contributed by atoms with Gasteiger partial charge in [0, 0.05) is 24.7 Å². The minimum atomic E-state index is -0.491. The van der Waals surface area contributed by atoms with Crippen LogP contribution in [0.3, 0.4) is 0 Å². The van der Waals surface area contributed by atoms with Gasteiger partial charge in [-0.25, -0.2) is 0 Å². The van der Waals surface area contributed by atoms with Gasteiger partial charge in [-0.2, -0.15) is 0 Å². The number of anilines is 2. The van der Waals surface area contributed by atoms with E-state index in [-0.39, 0.29) is 11.8 Å². The van der Waals surface area contributed by atoms with Crippen molar-refractivity contribution in [3.05, 3.63) is 59.7 Å². The third-order valence-electron chi connectivity index (χ3n) is 4.02. The first-order chi connectivity index (χ1) is 10.6. The van der Waals surface area contributed by atoms with Crippen molar-refractivity contribution in [3.8, 4) is 0 Å². The molecule has 0 aliphatic carbocycles. The van der Waals surface area contributed by atoms with Gasteiger partial charge >= 0.3 is 0 Å². The fourth-order valence-corrected chi connectivity index (χ4v) is 2.91. The predicted octanol–water partition coefficient (Wildman–Crippen LogP) is 2.91. The van der Waals surface area contributed by atoms with Crippen LogP contribution in [-0.2, 0) is 16.0 Å². The van der Waals surface area contributed by atoms with Gasteiger partial charge in [-0.1, -0.05) is 36.4 Å². The van der Waals surface area contributed by atoms with E-state index < -0.39 is 6.04 Å². The zero-order valence-electron chi connectivity index (χ0n) is 12.7. The summed E-state index contributed by atoms with van der Waals surface area (Å²) in [7, 11) is 0. The predicted molar refractivity (Wildman–Crippen MR) is 86.9 cm³/mol. The van der Waals surface area contributed by atoms with Crippen LogP contribution in [0.5, 0.6) is 0 Å². The number of carbonyl (C=O) groups is 2. The lowest BCUT2D eigenvalue weighted by molar-refractivity contribution is -0.122. The molecule has 1 aliphatic rings. The number of amides is 2. The molecule has 0 aromatic heterocycles. The van der Waals surface area contributed by atoms with Crippen LogP contribution < -0.4 is 10.2 Å². The monoisotopic (exact) mass is 294 g/mol. The van der Waals surface area contributed by atoms with Crippen molar-refractivity contribution in [1.82, 2.24) is 0 Å². The number of hydrogen-bond acceptors (Lipinski definition) is 2. The third kappa shape index (κ3) is 2.48. The van der Waals surface area contributed by atoms with Crippen molar-refractivity contribution >= 4 is 23.2 Å². The molecule has 22 heavy (non-hydrogen) atoms. The Labute approximate surface area is 129 Å². The lowest BCUT2D eigenvalue weighted by Crippen LogP contribution is -2.44. The fraction of sp³-hybridized carbons (Fsp3) is 0.222. The van der Waals surface area contributed by atoms with Crippen LogP contribution in [0.2, 0.25) is 0 Å². The Balaban J connectivity index is 1.87. The third-order valence-corrected chi connectivity index (χ3v) is 4.02. The first-order valence-corrected chi connectivity index (χ1v) is 7.32. The SMILES string of the molecule is CC(=O)N1c2ccccc2CC1C(=O)Nc1ccccc1C. The highest BCUT2D eigenvalue weighted by Crippen LogP contribution is 2.32. The molecule has 0 saturated carbocycles. The molecule has 0 bridgehead atoms. The summed E-state index contributed by atoms with van der Waals surface area (Å²) in [5.41, 5.74) is 3.65. The Bertz CT molecular complexity index is 739. The van der Waals surface area contributed by atoms with Gasteiger partial charge in [0.2, 0.25) is 11.8 Å². The van der Waals surface area contributed by atoms with Gasteiger partial charge in [0.25, 0.3) is 0 Å². The Kier molecular flexibility index (Phi) is 3.67. The number of benzene rings is 2. The van der Waals surface area contributed by atoms with E-state index in [9.17, 15) is 9.59 Å². The highest BCUT2D eigenvalue weighted by molar-refractivity contribution is 6.06. The highest BCUT2D eigenvalue weighted by atomic mass is 16.2. The maximum absolute atomic E-state index is 12.6. The van der Waals surface area contributed by atoms with Crippen molar-refractivity contribution < 1.29 is 9.59 Å². The van der Waals surface area contributed by atoms with Gasteiger partial charge in [-0.3, -0.25) is 14.5 Å². The van der Waals surface area contributed by atoms with Gasteiger partial charge in [-0.05, 0) is 30.2 Å². The zero-order valence-corrected chi connectivity index (χ0v) is 12.7. The van der Waals surface area contributed by atoms with Crippen LogP contribution in [0.15, 0.2) is 48.5 Å². The van der Waals surface area contributed by atoms with Gasteiger partial charge in [0.1, 0.15) is 6.04 Å². The number of aryl methyl sites for hydroxylation is 1. The molecule has 0 radical (unpaired) electrons. The highest BCUT2D eigenvalue weighted by Gasteiger charge is 2.36. The van der Waals surface area contributed by atoms with Crippen LogP contribution in [-0.4, -0.2) is 17.9 Å². The molecule has 1 aliphatic heterocycles. The standard InChI is InChI=1S/C18H18N2O2/c1-12-7-3-5-9-15(12)19-18(22)17-11-14-8-4-6-10-16(14)20(17)13(2)21/h3-10,17H,11H2,1-2H3,(H,19,22). The summed E-state index contributed by atoms with van der Waals surface area (Å²) >= 11 is 0.